The summed E-state index contributed by atoms with van der Waals surface area (Å²) in [6.45, 7) is 3.23. The molecule has 13 heteroatoms. The van der Waals surface area contributed by atoms with Crippen molar-refractivity contribution < 1.29 is 30.8 Å². The van der Waals surface area contributed by atoms with E-state index in [0.717, 1.165) is 16.9 Å². The summed E-state index contributed by atoms with van der Waals surface area (Å²) >= 11 is 0. The number of aryl methyl sites for hydroxylation is 1. The molecule has 176 valence electrons. The second-order valence-electron chi connectivity index (χ2n) is 8.18. The highest BCUT2D eigenvalue weighted by atomic mass is 32.2. The molecule has 2 aromatic heterocycles. The summed E-state index contributed by atoms with van der Waals surface area (Å²) in [5.41, 5.74) is -1.13. The number of piperidine rings is 1. The molecule has 0 spiro atoms. The molecule has 1 saturated heterocycles. The van der Waals surface area contributed by atoms with Gasteiger partial charge in [-0.25, -0.2) is 18.2 Å². The van der Waals surface area contributed by atoms with Crippen LogP contribution in [0.2, 0.25) is 0 Å². The average molecular weight is 477 g/mol. The van der Waals surface area contributed by atoms with E-state index in [1.807, 2.05) is 0 Å². The van der Waals surface area contributed by atoms with Crippen molar-refractivity contribution in [2.75, 3.05) is 18.4 Å². The number of aromatic nitrogens is 3. The molecule has 0 aliphatic carbocycles. The van der Waals surface area contributed by atoms with E-state index in [-0.39, 0.29) is 25.9 Å². The number of sulfone groups is 1. The molecule has 1 N–H and O–H groups in total. The summed E-state index contributed by atoms with van der Waals surface area (Å²) in [5, 5.41) is 5.89. The maximum Gasteiger partial charge on any atom is 0.436 e. The van der Waals surface area contributed by atoms with Gasteiger partial charge in [0.15, 0.2) is 15.5 Å². The third kappa shape index (κ3) is 4.57. The number of alkyl halides is 3. The molecule has 0 aromatic carbocycles. The van der Waals surface area contributed by atoms with Crippen molar-refractivity contribution in [1.82, 2.24) is 19.7 Å². The lowest BCUT2D eigenvalue weighted by atomic mass is 9.86. The van der Waals surface area contributed by atoms with Crippen LogP contribution in [0.4, 0.5) is 28.0 Å². The van der Waals surface area contributed by atoms with E-state index >= 15 is 0 Å². The van der Waals surface area contributed by atoms with Gasteiger partial charge >= 0.3 is 12.2 Å². The Morgan fingerprint density at radius 1 is 1.19 bits per heavy atom. The normalized spacial score (nSPS) is 16.3. The Morgan fingerprint density at radius 2 is 1.81 bits per heavy atom. The highest BCUT2D eigenvalue weighted by molar-refractivity contribution is 7.92. The topological polar surface area (TPSA) is 97.2 Å². The lowest BCUT2D eigenvalue weighted by Crippen LogP contribution is -2.48. The number of halogens is 4. The first-order valence-corrected chi connectivity index (χ1v) is 11.2. The van der Waals surface area contributed by atoms with E-state index in [2.05, 4.69) is 15.4 Å². The van der Waals surface area contributed by atoms with Gasteiger partial charge in [-0.3, -0.25) is 4.68 Å². The molecule has 1 aliphatic rings. The molecular formula is C19H23F4N5O3S. The number of amides is 2. The monoisotopic (exact) mass is 477 g/mol. The average Bonchev–Trinajstić information content (AvgIpc) is 3.13. The van der Waals surface area contributed by atoms with Crippen molar-refractivity contribution in [3.8, 4) is 0 Å². The second kappa shape index (κ2) is 8.34. The molecular weight excluding hydrogens is 454 g/mol. The third-order valence-corrected chi connectivity index (χ3v) is 8.39. The van der Waals surface area contributed by atoms with E-state index < -0.39 is 49.2 Å². The van der Waals surface area contributed by atoms with Crippen LogP contribution < -0.4 is 5.32 Å². The smallest absolute Gasteiger partial charge is 0.325 e. The molecule has 8 nitrogen and oxygen atoms in total. The summed E-state index contributed by atoms with van der Waals surface area (Å²) in [4.78, 5) is 16.5. The minimum Gasteiger partial charge on any atom is -0.325 e. The van der Waals surface area contributed by atoms with Crippen molar-refractivity contribution in [2.24, 2.45) is 13.0 Å². The minimum absolute atomic E-state index is 0.212. The van der Waals surface area contributed by atoms with Crippen LogP contribution in [0.25, 0.3) is 0 Å². The summed E-state index contributed by atoms with van der Waals surface area (Å²) < 4.78 is 78.7. The Morgan fingerprint density at radius 3 is 2.34 bits per heavy atom. The van der Waals surface area contributed by atoms with Crippen molar-refractivity contribution >= 4 is 21.6 Å². The Labute approximate surface area is 182 Å². The number of hydrogen-bond acceptors (Lipinski definition) is 5. The van der Waals surface area contributed by atoms with Gasteiger partial charge < -0.3 is 10.2 Å². The van der Waals surface area contributed by atoms with Gasteiger partial charge in [-0.1, -0.05) is 0 Å². The van der Waals surface area contributed by atoms with Gasteiger partial charge in [-0.2, -0.15) is 22.7 Å². The van der Waals surface area contributed by atoms with Crippen molar-refractivity contribution in [2.45, 2.75) is 42.5 Å². The summed E-state index contributed by atoms with van der Waals surface area (Å²) in [7, 11) is -3.16. The Bertz CT molecular complexity index is 1090. The fourth-order valence-corrected chi connectivity index (χ4v) is 5.74. The van der Waals surface area contributed by atoms with E-state index in [9.17, 15) is 30.8 Å². The number of likely N-dealkylation sites (tertiary alicyclic amines) is 1. The number of rotatable bonds is 4. The second-order valence-corrected chi connectivity index (χ2v) is 10.7. The molecule has 3 rings (SSSR count). The SMILES string of the molecule is Cn1cc(S(=O)(=O)C(C)(C)C2CCN(C(=O)Nc3ccc(F)nc3)CC2)c(C(F)(F)F)n1. The van der Waals surface area contributed by atoms with Crippen molar-refractivity contribution in [1.29, 1.82) is 0 Å². The lowest BCUT2D eigenvalue weighted by molar-refractivity contribution is -0.143. The van der Waals surface area contributed by atoms with Gasteiger partial charge in [0.1, 0.15) is 4.90 Å². The van der Waals surface area contributed by atoms with E-state index in [1.54, 1.807) is 0 Å². The van der Waals surface area contributed by atoms with Gasteiger partial charge in [0.05, 0.1) is 16.6 Å². The summed E-state index contributed by atoms with van der Waals surface area (Å²) in [5.74, 6) is -1.17. The third-order valence-electron chi connectivity index (χ3n) is 5.79. The first-order valence-electron chi connectivity index (χ1n) is 9.76. The molecule has 0 radical (unpaired) electrons. The quantitative estimate of drug-likeness (QED) is 0.537. The van der Waals surface area contributed by atoms with Crippen molar-refractivity contribution in [3.05, 3.63) is 36.2 Å². The van der Waals surface area contributed by atoms with Gasteiger partial charge in [-0.15, -0.1) is 0 Å². The van der Waals surface area contributed by atoms with E-state index in [4.69, 9.17) is 0 Å². The number of carbonyl (C=O) groups is 1. The van der Waals surface area contributed by atoms with Gasteiger partial charge in [-0.05, 0) is 44.7 Å². The van der Waals surface area contributed by atoms with Gasteiger partial charge in [0.2, 0.25) is 5.95 Å². The summed E-state index contributed by atoms with van der Waals surface area (Å²) in [6, 6.07) is 2.00. The Kier molecular flexibility index (Phi) is 6.24. The molecule has 0 saturated carbocycles. The van der Waals surface area contributed by atoms with E-state index in [1.165, 1.54) is 38.1 Å². The van der Waals surface area contributed by atoms with Crippen LogP contribution in [0.15, 0.2) is 29.4 Å². The number of nitrogens with zero attached hydrogens (tertiary/aromatic N) is 4. The molecule has 1 fully saturated rings. The van der Waals surface area contributed by atoms with Gasteiger partial charge in [0, 0.05) is 26.3 Å². The van der Waals surface area contributed by atoms with Crippen molar-refractivity contribution in [3.63, 3.8) is 0 Å². The predicted molar refractivity (Wildman–Crippen MR) is 107 cm³/mol. The zero-order chi connectivity index (χ0) is 23.9. The number of hydrogen-bond donors (Lipinski definition) is 1. The Hall–Kier alpha value is -2.70. The van der Waals surface area contributed by atoms with E-state index in [0.29, 0.717) is 5.69 Å². The highest BCUT2D eigenvalue weighted by Gasteiger charge is 2.49. The molecule has 2 amide bonds. The first-order chi connectivity index (χ1) is 14.7. The van der Waals surface area contributed by atoms with Crippen LogP contribution in [0, 0.1) is 11.9 Å². The zero-order valence-corrected chi connectivity index (χ0v) is 18.5. The fraction of sp³-hybridized carbons (Fsp3) is 0.526. The maximum atomic E-state index is 13.3. The number of carbonyl (C=O) groups excluding carboxylic acids is 1. The molecule has 1 aliphatic heterocycles. The standard InChI is InChI=1S/C19H23F4N5O3S/c1-18(2,32(30,31)14-11-27(3)26-16(14)19(21,22)23)12-6-8-28(9-7-12)17(29)25-13-4-5-15(20)24-10-13/h4-5,10-12H,6-9H2,1-3H3,(H,25,29). The Balaban J connectivity index is 1.73. The summed E-state index contributed by atoms with van der Waals surface area (Å²) in [6.07, 6.45) is -2.30. The molecule has 3 heterocycles. The molecule has 2 aromatic rings. The largest absolute Gasteiger partial charge is 0.436 e. The number of urea groups is 1. The van der Waals surface area contributed by atoms with Crippen LogP contribution in [0.1, 0.15) is 32.4 Å². The number of anilines is 1. The maximum absolute atomic E-state index is 13.3. The molecule has 0 bridgehead atoms. The minimum atomic E-state index is -4.91. The highest BCUT2D eigenvalue weighted by Crippen LogP contribution is 2.42. The molecule has 32 heavy (non-hydrogen) atoms. The predicted octanol–water partition coefficient (Wildman–Crippen LogP) is 3.47. The van der Waals surface area contributed by atoms with Crippen LogP contribution in [0.5, 0.6) is 0 Å². The number of pyridine rings is 1. The molecule has 0 unspecified atom stereocenters. The van der Waals surface area contributed by atoms with Crippen LogP contribution in [0.3, 0.4) is 0 Å². The van der Waals surface area contributed by atoms with Crippen LogP contribution in [-0.2, 0) is 23.1 Å². The number of nitrogens with one attached hydrogen (secondary N) is 1. The zero-order valence-electron chi connectivity index (χ0n) is 17.6. The van der Waals surface area contributed by atoms with Crippen LogP contribution >= 0.6 is 0 Å². The van der Waals surface area contributed by atoms with Crippen LogP contribution in [-0.4, -0.2) is 51.9 Å². The first kappa shape index (κ1) is 24.0. The lowest BCUT2D eigenvalue weighted by Gasteiger charge is -2.40. The van der Waals surface area contributed by atoms with Gasteiger partial charge in [0.25, 0.3) is 0 Å². The molecule has 0 atom stereocenters. The fourth-order valence-electron chi connectivity index (χ4n) is 3.79.